The van der Waals surface area contributed by atoms with Gasteiger partial charge in [0.05, 0.1) is 4.92 Å². The Morgan fingerprint density at radius 3 is 2.83 bits per heavy atom. The number of benzene rings is 1. The van der Waals surface area contributed by atoms with E-state index < -0.39 is 16.4 Å². The summed E-state index contributed by atoms with van der Waals surface area (Å²) in [7, 11) is 0. The van der Waals surface area contributed by atoms with Crippen LogP contribution >= 0.6 is 27.3 Å². The van der Waals surface area contributed by atoms with Gasteiger partial charge in [-0.05, 0) is 34.1 Å². The molecule has 2 rings (SSSR count). The van der Waals surface area contributed by atoms with Crippen molar-refractivity contribution in [2.45, 2.75) is 6.54 Å². The molecule has 0 unspecified atom stereocenters. The first-order valence-corrected chi connectivity index (χ1v) is 6.64. The Hall–Kier alpha value is -1.47. The van der Waals surface area contributed by atoms with Crippen LogP contribution in [0.15, 0.2) is 34.1 Å². The Balaban J connectivity index is 2.10. The summed E-state index contributed by atoms with van der Waals surface area (Å²) in [5.41, 5.74) is -0.0000161. The normalized spacial score (nSPS) is 10.3. The summed E-state index contributed by atoms with van der Waals surface area (Å²) in [6, 6.07) is 5.71. The number of anilines is 1. The largest absolute Gasteiger partial charge is 0.380 e. The van der Waals surface area contributed by atoms with Crippen LogP contribution in [-0.4, -0.2) is 4.92 Å². The second kappa shape index (κ2) is 5.45. The monoisotopic (exact) mass is 330 g/mol. The van der Waals surface area contributed by atoms with Gasteiger partial charge in [0.1, 0.15) is 0 Å². The third-order valence-electron chi connectivity index (χ3n) is 2.23. The van der Waals surface area contributed by atoms with Gasteiger partial charge in [-0.15, -0.1) is 11.3 Å². The molecule has 0 amide bonds. The summed E-state index contributed by atoms with van der Waals surface area (Å²) in [6.07, 6.45) is 0. The highest BCUT2D eigenvalue weighted by atomic mass is 79.9. The Labute approximate surface area is 115 Å². The lowest BCUT2D eigenvalue weighted by molar-refractivity contribution is -0.387. The first-order chi connectivity index (χ1) is 8.56. The van der Waals surface area contributed by atoms with Gasteiger partial charge < -0.3 is 5.32 Å². The van der Waals surface area contributed by atoms with E-state index in [1.807, 2.05) is 11.4 Å². The van der Waals surface area contributed by atoms with E-state index in [0.717, 1.165) is 15.4 Å². The predicted molar refractivity (Wildman–Crippen MR) is 72.4 cm³/mol. The van der Waals surface area contributed by atoms with Crippen LogP contribution in [0.3, 0.4) is 0 Å². The quantitative estimate of drug-likeness (QED) is 0.676. The van der Waals surface area contributed by atoms with Crippen LogP contribution in [0.4, 0.5) is 15.8 Å². The molecule has 0 saturated heterocycles. The van der Waals surface area contributed by atoms with Crippen LogP contribution in [0.25, 0.3) is 0 Å². The highest BCUT2D eigenvalue weighted by molar-refractivity contribution is 9.10. The Morgan fingerprint density at radius 2 is 2.22 bits per heavy atom. The van der Waals surface area contributed by atoms with Crippen LogP contribution in [0.1, 0.15) is 4.88 Å². The van der Waals surface area contributed by atoms with Crippen LogP contribution in [0.5, 0.6) is 0 Å². The predicted octanol–water partition coefficient (Wildman–Crippen LogP) is 4.17. The average Bonchev–Trinajstić information content (AvgIpc) is 2.74. The minimum absolute atomic E-state index is 0.521. The van der Waals surface area contributed by atoms with Crippen LogP contribution in [0, 0.1) is 15.9 Å². The molecule has 1 aromatic heterocycles. The van der Waals surface area contributed by atoms with Crippen molar-refractivity contribution < 1.29 is 9.31 Å². The van der Waals surface area contributed by atoms with Gasteiger partial charge in [-0.25, -0.2) is 0 Å². The van der Waals surface area contributed by atoms with E-state index in [9.17, 15) is 14.5 Å². The smallest absolute Gasteiger partial charge is 0.306 e. The van der Waals surface area contributed by atoms with Gasteiger partial charge in [-0.2, -0.15) is 4.39 Å². The zero-order valence-electron chi connectivity index (χ0n) is 9.02. The van der Waals surface area contributed by atoms with Crippen molar-refractivity contribution in [3.8, 4) is 0 Å². The second-order valence-electron chi connectivity index (χ2n) is 3.51. The Kier molecular flexibility index (Phi) is 3.93. The summed E-state index contributed by atoms with van der Waals surface area (Å²) in [5.74, 6) is -0.829. The topological polar surface area (TPSA) is 55.2 Å². The van der Waals surface area contributed by atoms with Crippen LogP contribution in [0.2, 0.25) is 0 Å². The van der Waals surface area contributed by atoms with E-state index in [2.05, 4.69) is 21.2 Å². The lowest BCUT2D eigenvalue weighted by atomic mass is 10.2. The second-order valence-corrected chi connectivity index (χ2v) is 5.42. The molecule has 0 bridgehead atoms. The van der Waals surface area contributed by atoms with Crippen molar-refractivity contribution in [2.24, 2.45) is 0 Å². The summed E-state index contributed by atoms with van der Waals surface area (Å²) in [5, 5.41) is 15.5. The summed E-state index contributed by atoms with van der Waals surface area (Å²) >= 11 is 4.91. The fraction of sp³-hybridized carbons (Fsp3) is 0.0909. The number of thiophene rings is 1. The van der Waals surface area contributed by atoms with Crippen molar-refractivity contribution in [2.75, 3.05) is 5.32 Å². The number of nitro groups is 1. The fourth-order valence-electron chi connectivity index (χ4n) is 1.40. The maximum Gasteiger partial charge on any atom is 0.306 e. The van der Waals surface area contributed by atoms with E-state index in [1.54, 1.807) is 11.3 Å². The van der Waals surface area contributed by atoms with Gasteiger partial charge in [0.15, 0.2) is 0 Å². The molecule has 18 heavy (non-hydrogen) atoms. The Morgan fingerprint density at radius 1 is 1.44 bits per heavy atom. The molecule has 0 spiro atoms. The zero-order chi connectivity index (χ0) is 13.1. The van der Waals surface area contributed by atoms with E-state index >= 15 is 0 Å². The van der Waals surface area contributed by atoms with Gasteiger partial charge in [0.2, 0.25) is 5.82 Å². The lowest BCUT2D eigenvalue weighted by Gasteiger charge is -2.04. The van der Waals surface area contributed by atoms with Crippen molar-refractivity contribution in [1.82, 2.24) is 0 Å². The SMILES string of the molecule is O=[N+]([O-])c1cc(NCc2cc(Br)cs2)ccc1F. The van der Waals surface area contributed by atoms with Gasteiger partial charge in [-0.1, -0.05) is 0 Å². The molecule has 0 aliphatic heterocycles. The third kappa shape index (κ3) is 3.05. The molecule has 0 fully saturated rings. The molecule has 1 heterocycles. The van der Waals surface area contributed by atoms with Crippen LogP contribution < -0.4 is 5.32 Å². The Bertz CT molecular complexity index is 588. The molecule has 0 aliphatic rings. The molecule has 0 aliphatic carbocycles. The van der Waals surface area contributed by atoms with E-state index in [-0.39, 0.29) is 0 Å². The number of hydrogen-bond acceptors (Lipinski definition) is 4. The lowest BCUT2D eigenvalue weighted by Crippen LogP contribution is -1.99. The standard InChI is InChI=1S/C11H8BrFN2O2S/c12-7-3-9(18-6-7)5-14-8-1-2-10(13)11(4-8)15(16)17/h1-4,6,14H,5H2. The zero-order valence-corrected chi connectivity index (χ0v) is 11.4. The van der Waals surface area contributed by atoms with E-state index in [1.165, 1.54) is 12.1 Å². The molecule has 7 heteroatoms. The first-order valence-electron chi connectivity index (χ1n) is 4.97. The van der Waals surface area contributed by atoms with Gasteiger partial charge in [-0.3, -0.25) is 10.1 Å². The highest BCUT2D eigenvalue weighted by Crippen LogP contribution is 2.24. The maximum absolute atomic E-state index is 13.1. The maximum atomic E-state index is 13.1. The molecular weight excluding hydrogens is 323 g/mol. The molecule has 0 atom stereocenters. The molecule has 0 saturated carbocycles. The minimum Gasteiger partial charge on any atom is -0.380 e. The average molecular weight is 331 g/mol. The molecule has 1 N–H and O–H groups in total. The number of rotatable bonds is 4. The number of nitrogens with one attached hydrogen (secondary N) is 1. The molecule has 0 radical (unpaired) electrons. The number of nitrogens with zero attached hydrogens (tertiary/aromatic N) is 1. The summed E-state index contributed by atoms with van der Waals surface area (Å²) in [4.78, 5) is 10.9. The molecule has 2 aromatic rings. The van der Waals surface area contributed by atoms with Crippen molar-refractivity contribution >= 4 is 38.6 Å². The van der Waals surface area contributed by atoms with Crippen molar-refractivity contribution in [3.05, 3.63) is 54.9 Å². The molecule has 4 nitrogen and oxygen atoms in total. The van der Waals surface area contributed by atoms with E-state index in [0.29, 0.717) is 12.2 Å². The van der Waals surface area contributed by atoms with Gasteiger partial charge in [0.25, 0.3) is 0 Å². The molecule has 94 valence electrons. The van der Waals surface area contributed by atoms with Crippen molar-refractivity contribution in [3.63, 3.8) is 0 Å². The summed E-state index contributed by atoms with van der Waals surface area (Å²) in [6.45, 7) is 0.541. The fourth-order valence-corrected chi connectivity index (χ4v) is 2.79. The highest BCUT2D eigenvalue weighted by Gasteiger charge is 2.14. The molecule has 1 aromatic carbocycles. The minimum atomic E-state index is -0.829. The molecular formula is C11H8BrFN2O2S. The van der Waals surface area contributed by atoms with Crippen molar-refractivity contribution in [1.29, 1.82) is 0 Å². The van der Waals surface area contributed by atoms with Gasteiger partial charge >= 0.3 is 5.69 Å². The first kappa shape index (κ1) is 13.0. The number of halogens is 2. The van der Waals surface area contributed by atoms with Crippen LogP contribution in [-0.2, 0) is 6.54 Å². The van der Waals surface area contributed by atoms with Gasteiger partial charge in [0, 0.05) is 33.0 Å². The summed E-state index contributed by atoms with van der Waals surface area (Å²) < 4.78 is 14.1. The third-order valence-corrected chi connectivity index (χ3v) is 3.93. The van der Waals surface area contributed by atoms with E-state index in [4.69, 9.17) is 0 Å². The number of nitro benzene ring substituents is 1. The number of hydrogen-bond donors (Lipinski definition) is 1.